The molecular weight excluding hydrogens is 647 g/mol. The maximum atomic E-state index is 2.43. The normalized spacial score (nSPS) is 11.5. The number of rotatable bonds is 6. The van der Waals surface area contributed by atoms with Crippen LogP contribution in [0, 0.1) is 0 Å². The fourth-order valence-electron chi connectivity index (χ4n) is 7.88. The van der Waals surface area contributed by atoms with E-state index in [1.54, 1.807) is 0 Å². The van der Waals surface area contributed by atoms with Crippen molar-refractivity contribution in [2.24, 2.45) is 0 Å². The van der Waals surface area contributed by atoms with E-state index in [1.165, 1.54) is 75.1 Å². The molecule has 0 amide bonds. The third kappa shape index (κ3) is 5.16. The predicted molar refractivity (Wildman–Crippen MR) is 225 cm³/mol. The SMILES string of the molecule is c1ccc(-c2cccc(N(c3ccc4c(c3)sc3ccccc34)c3ccc4c(c3)c(-c3ccccc3)c(-c3ccccc3)c3ccccc34)c2)cc1. The van der Waals surface area contributed by atoms with Gasteiger partial charge in [0.1, 0.15) is 0 Å². The Morgan fingerprint density at radius 3 is 1.46 bits per heavy atom. The zero-order chi connectivity index (χ0) is 34.4. The molecule has 0 saturated heterocycles. The molecule has 2 heteroatoms. The highest BCUT2D eigenvalue weighted by molar-refractivity contribution is 7.25. The molecule has 0 saturated carbocycles. The summed E-state index contributed by atoms with van der Waals surface area (Å²) in [5.74, 6) is 0. The van der Waals surface area contributed by atoms with Crippen molar-refractivity contribution in [3.63, 3.8) is 0 Å². The molecule has 0 atom stereocenters. The number of fused-ring (bicyclic) bond motifs is 6. The van der Waals surface area contributed by atoms with E-state index in [2.05, 4.69) is 205 Å². The van der Waals surface area contributed by atoms with E-state index in [-0.39, 0.29) is 0 Å². The average Bonchev–Trinajstić information content (AvgIpc) is 3.59. The van der Waals surface area contributed by atoms with E-state index in [4.69, 9.17) is 0 Å². The van der Waals surface area contributed by atoms with Crippen molar-refractivity contribution in [3.8, 4) is 33.4 Å². The standard InChI is InChI=1S/C50H33NS/c1-4-15-34(16-5-1)37-21-14-22-38(31-37)51(40-28-30-44-43-24-12-13-26-47(43)52-48(44)33-40)39-27-29-42-41-23-10-11-25-45(41)49(35-17-6-2-7-18-35)50(46(42)32-39)36-19-8-3-9-20-36/h1-33H. The van der Waals surface area contributed by atoms with Crippen molar-refractivity contribution in [2.75, 3.05) is 4.90 Å². The summed E-state index contributed by atoms with van der Waals surface area (Å²) in [6, 6.07) is 73.0. The minimum atomic E-state index is 1.12. The van der Waals surface area contributed by atoms with Gasteiger partial charge >= 0.3 is 0 Å². The van der Waals surface area contributed by atoms with Gasteiger partial charge < -0.3 is 4.90 Å². The summed E-state index contributed by atoms with van der Waals surface area (Å²) in [5, 5.41) is 7.60. The topological polar surface area (TPSA) is 3.24 Å². The summed E-state index contributed by atoms with van der Waals surface area (Å²) >= 11 is 1.86. The van der Waals surface area contributed by atoms with E-state index >= 15 is 0 Å². The van der Waals surface area contributed by atoms with Gasteiger partial charge in [-0.3, -0.25) is 0 Å². The highest BCUT2D eigenvalue weighted by Crippen LogP contribution is 2.47. The summed E-state index contributed by atoms with van der Waals surface area (Å²) in [7, 11) is 0. The molecule has 52 heavy (non-hydrogen) atoms. The highest BCUT2D eigenvalue weighted by atomic mass is 32.1. The van der Waals surface area contributed by atoms with Crippen LogP contribution in [0.4, 0.5) is 17.1 Å². The molecule has 0 aliphatic heterocycles. The van der Waals surface area contributed by atoms with Gasteiger partial charge in [-0.1, -0.05) is 158 Å². The van der Waals surface area contributed by atoms with Crippen molar-refractivity contribution in [2.45, 2.75) is 0 Å². The smallest absolute Gasteiger partial charge is 0.0476 e. The van der Waals surface area contributed by atoms with Crippen molar-refractivity contribution < 1.29 is 0 Å². The Morgan fingerprint density at radius 2 is 0.750 bits per heavy atom. The fraction of sp³-hybridized carbons (Fsp3) is 0. The first kappa shape index (κ1) is 30.4. The van der Waals surface area contributed by atoms with Gasteiger partial charge in [0.05, 0.1) is 0 Å². The highest BCUT2D eigenvalue weighted by Gasteiger charge is 2.21. The Balaban J connectivity index is 1.27. The van der Waals surface area contributed by atoms with Gasteiger partial charge in [-0.15, -0.1) is 11.3 Å². The van der Waals surface area contributed by atoms with Crippen LogP contribution in [0.2, 0.25) is 0 Å². The van der Waals surface area contributed by atoms with Crippen molar-refractivity contribution in [1.29, 1.82) is 0 Å². The Kier molecular flexibility index (Phi) is 7.41. The molecule has 0 N–H and O–H groups in total. The Labute approximate surface area is 307 Å². The molecule has 10 aromatic rings. The Hall–Kier alpha value is -6.48. The van der Waals surface area contributed by atoms with Gasteiger partial charge in [-0.25, -0.2) is 0 Å². The first-order valence-electron chi connectivity index (χ1n) is 17.8. The third-order valence-corrected chi connectivity index (χ3v) is 11.4. The Bertz CT molecular complexity index is 2890. The molecule has 0 radical (unpaired) electrons. The molecule has 0 aliphatic rings. The second kappa shape index (κ2) is 12.7. The van der Waals surface area contributed by atoms with Crippen molar-refractivity contribution in [1.82, 2.24) is 0 Å². The van der Waals surface area contributed by atoms with Gasteiger partial charge in [-0.2, -0.15) is 0 Å². The van der Waals surface area contributed by atoms with Crippen LogP contribution in [-0.2, 0) is 0 Å². The minimum Gasteiger partial charge on any atom is -0.310 e. The predicted octanol–water partition coefficient (Wildman–Crippen LogP) is 14.8. The number of hydrogen-bond donors (Lipinski definition) is 0. The van der Waals surface area contributed by atoms with Gasteiger partial charge in [0.25, 0.3) is 0 Å². The molecule has 1 aromatic heterocycles. The van der Waals surface area contributed by atoms with Crippen LogP contribution in [0.25, 0.3) is 75.1 Å². The summed E-state index contributed by atoms with van der Waals surface area (Å²) in [6.07, 6.45) is 0. The molecule has 1 nitrogen and oxygen atoms in total. The lowest BCUT2D eigenvalue weighted by molar-refractivity contribution is 1.30. The minimum absolute atomic E-state index is 1.12. The molecule has 0 unspecified atom stereocenters. The molecule has 0 bridgehead atoms. The summed E-state index contributed by atoms with van der Waals surface area (Å²) in [6.45, 7) is 0. The van der Waals surface area contributed by atoms with Crippen LogP contribution in [0.15, 0.2) is 200 Å². The number of benzene rings is 9. The molecular formula is C50H33NS. The van der Waals surface area contributed by atoms with Crippen LogP contribution in [0.1, 0.15) is 0 Å². The van der Waals surface area contributed by atoms with Crippen LogP contribution in [-0.4, -0.2) is 0 Å². The van der Waals surface area contributed by atoms with E-state index < -0.39 is 0 Å². The summed E-state index contributed by atoms with van der Waals surface area (Å²) in [5.41, 5.74) is 10.7. The molecule has 10 rings (SSSR count). The van der Waals surface area contributed by atoms with Gasteiger partial charge in [-0.05, 0) is 97.4 Å². The molecule has 0 aliphatic carbocycles. The third-order valence-electron chi connectivity index (χ3n) is 10.2. The lowest BCUT2D eigenvalue weighted by atomic mass is 9.85. The first-order chi connectivity index (χ1) is 25.8. The van der Waals surface area contributed by atoms with Crippen molar-refractivity contribution >= 4 is 70.1 Å². The van der Waals surface area contributed by atoms with E-state index in [1.807, 2.05) is 11.3 Å². The second-order valence-corrected chi connectivity index (χ2v) is 14.4. The molecule has 9 aromatic carbocycles. The lowest BCUT2D eigenvalue weighted by Crippen LogP contribution is -2.10. The zero-order valence-corrected chi connectivity index (χ0v) is 29.2. The number of anilines is 3. The van der Waals surface area contributed by atoms with E-state index in [9.17, 15) is 0 Å². The van der Waals surface area contributed by atoms with Crippen LogP contribution in [0.3, 0.4) is 0 Å². The molecule has 0 spiro atoms. The van der Waals surface area contributed by atoms with Crippen LogP contribution >= 0.6 is 11.3 Å². The largest absolute Gasteiger partial charge is 0.310 e. The fourth-order valence-corrected chi connectivity index (χ4v) is 9.02. The maximum Gasteiger partial charge on any atom is 0.0476 e. The van der Waals surface area contributed by atoms with Crippen LogP contribution < -0.4 is 4.90 Å². The van der Waals surface area contributed by atoms with E-state index in [0.717, 1.165) is 17.1 Å². The molecule has 1 heterocycles. The Morgan fingerprint density at radius 1 is 0.269 bits per heavy atom. The van der Waals surface area contributed by atoms with E-state index in [0.29, 0.717) is 0 Å². The maximum absolute atomic E-state index is 2.43. The van der Waals surface area contributed by atoms with Gasteiger partial charge in [0.15, 0.2) is 0 Å². The average molecular weight is 680 g/mol. The summed E-state index contributed by atoms with van der Waals surface area (Å²) in [4.78, 5) is 2.43. The number of nitrogens with zero attached hydrogens (tertiary/aromatic N) is 1. The van der Waals surface area contributed by atoms with Gasteiger partial charge in [0.2, 0.25) is 0 Å². The number of hydrogen-bond acceptors (Lipinski definition) is 2. The van der Waals surface area contributed by atoms with Gasteiger partial charge in [0, 0.05) is 37.2 Å². The quantitative estimate of drug-likeness (QED) is 0.158. The van der Waals surface area contributed by atoms with Crippen molar-refractivity contribution in [3.05, 3.63) is 200 Å². The first-order valence-corrected chi connectivity index (χ1v) is 18.6. The second-order valence-electron chi connectivity index (χ2n) is 13.3. The monoisotopic (exact) mass is 679 g/mol. The molecule has 0 fully saturated rings. The number of thiophene rings is 1. The van der Waals surface area contributed by atoms with Crippen LogP contribution in [0.5, 0.6) is 0 Å². The lowest BCUT2D eigenvalue weighted by Gasteiger charge is -2.27. The zero-order valence-electron chi connectivity index (χ0n) is 28.4. The summed E-state index contributed by atoms with van der Waals surface area (Å²) < 4.78 is 2.59. The molecule has 244 valence electrons.